The maximum Gasteiger partial charge on any atom is 0.298 e. The molecule has 28 heavy (non-hydrogen) atoms. The second kappa shape index (κ2) is 8.24. The number of likely N-dealkylation sites (tertiary alicyclic amines) is 1. The zero-order valence-corrected chi connectivity index (χ0v) is 17.1. The maximum absolute atomic E-state index is 10.9. The van der Waals surface area contributed by atoms with E-state index in [1.165, 1.54) is 0 Å². The van der Waals surface area contributed by atoms with Crippen molar-refractivity contribution in [3.8, 4) is 17.0 Å². The highest BCUT2D eigenvalue weighted by molar-refractivity contribution is 9.10. The van der Waals surface area contributed by atoms with Crippen LogP contribution in [0.3, 0.4) is 0 Å². The summed E-state index contributed by atoms with van der Waals surface area (Å²) in [7, 11) is 0. The van der Waals surface area contributed by atoms with E-state index in [9.17, 15) is 4.79 Å². The molecular formula is C19H21BrN6O2. The highest BCUT2D eigenvalue weighted by Crippen LogP contribution is 2.34. The largest absolute Gasteiger partial charge is 0.428 e. The number of rotatable bonds is 6. The van der Waals surface area contributed by atoms with E-state index in [4.69, 9.17) is 4.74 Å². The number of fused-ring (bicyclic) bond motifs is 1. The average Bonchev–Trinajstić information content (AvgIpc) is 3.20. The molecule has 2 aromatic heterocycles. The zero-order valence-electron chi connectivity index (χ0n) is 15.5. The topological polar surface area (TPSA) is 84.6 Å². The Balaban J connectivity index is 1.69. The first-order valence-corrected chi connectivity index (χ1v) is 10.1. The predicted molar refractivity (Wildman–Crippen MR) is 109 cm³/mol. The molecule has 1 aliphatic heterocycles. The Morgan fingerprint density at radius 3 is 3.11 bits per heavy atom. The Morgan fingerprint density at radius 2 is 2.29 bits per heavy atom. The van der Waals surface area contributed by atoms with Crippen LogP contribution < -0.4 is 10.1 Å². The lowest BCUT2D eigenvalue weighted by molar-refractivity contribution is -0.120. The van der Waals surface area contributed by atoms with E-state index in [1.54, 1.807) is 18.6 Å². The number of benzene rings is 1. The van der Waals surface area contributed by atoms with Gasteiger partial charge in [0.2, 0.25) is 5.95 Å². The fourth-order valence-corrected chi connectivity index (χ4v) is 3.95. The molecule has 1 aromatic carbocycles. The summed E-state index contributed by atoms with van der Waals surface area (Å²) in [5.74, 6) is 1.07. The number of aromatic nitrogens is 4. The van der Waals surface area contributed by atoms with E-state index in [0.717, 1.165) is 42.5 Å². The summed E-state index contributed by atoms with van der Waals surface area (Å²) in [6.45, 7) is 5.77. The number of halogens is 1. The van der Waals surface area contributed by atoms with Gasteiger partial charge in [-0.1, -0.05) is 22.9 Å². The second-order valence-corrected chi connectivity index (χ2v) is 7.67. The lowest BCUT2D eigenvalue weighted by atomic mass is 10.1. The fraction of sp³-hybridized carbons (Fsp3) is 0.368. The molecule has 0 radical (unpaired) electrons. The van der Waals surface area contributed by atoms with Gasteiger partial charge in [0.15, 0.2) is 0 Å². The summed E-state index contributed by atoms with van der Waals surface area (Å²) < 4.78 is 7.84. The number of ether oxygens (including phenoxy) is 1. The number of likely N-dealkylation sites (N-methyl/N-ethyl adjacent to an activating group) is 1. The molecule has 3 aromatic rings. The van der Waals surface area contributed by atoms with Crippen molar-refractivity contribution < 1.29 is 9.53 Å². The van der Waals surface area contributed by atoms with Gasteiger partial charge in [-0.2, -0.15) is 0 Å². The number of carbonyl (C=O) groups is 1. The molecule has 9 heteroatoms. The highest BCUT2D eigenvalue weighted by atomic mass is 79.9. The quantitative estimate of drug-likeness (QED) is 0.584. The third-order valence-electron chi connectivity index (χ3n) is 5.01. The number of nitrogens with zero attached hydrogens (tertiary/aromatic N) is 5. The van der Waals surface area contributed by atoms with Crippen LogP contribution in [0.4, 0.5) is 5.95 Å². The molecule has 1 saturated heterocycles. The van der Waals surface area contributed by atoms with Crippen molar-refractivity contribution in [1.82, 2.24) is 24.5 Å². The van der Waals surface area contributed by atoms with Gasteiger partial charge in [-0.15, -0.1) is 10.2 Å². The van der Waals surface area contributed by atoms with Crippen LogP contribution in [0.15, 0.2) is 35.2 Å². The number of anilines is 1. The first-order chi connectivity index (χ1) is 13.7. The third kappa shape index (κ3) is 3.72. The van der Waals surface area contributed by atoms with Gasteiger partial charge in [0.25, 0.3) is 6.47 Å². The van der Waals surface area contributed by atoms with Crippen LogP contribution in [-0.4, -0.2) is 56.6 Å². The standard InChI is InChI=1S/C19H21BrN6O2/c1-2-25-7-3-4-14(10-25)22-19-24-23-18(16-9-21-11-26(16)19)15-6-5-13(20)8-17(15)28-12-27/h5-6,8-9,11-12,14H,2-4,7,10H2,1H3,(H,22,24)/t14-/m1/s1. The van der Waals surface area contributed by atoms with Crippen LogP contribution >= 0.6 is 15.9 Å². The van der Waals surface area contributed by atoms with Crippen molar-refractivity contribution in [2.24, 2.45) is 0 Å². The van der Waals surface area contributed by atoms with Crippen LogP contribution in [0.5, 0.6) is 5.75 Å². The van der Waals surface area contributed by atoms with Gasteiger partial charge in [-0.25, -0.2) is 4.98 Å². The fourth-order valence-electron chi connectivity index (χ4n) is 3.61. The van der Waals surface area contributed by atoms with Crippen molar-refractivity contribution in [1.29, 1.82) is 0 Å². The van der Waals surface area contributed by atoms with Gasteiger partial charge in [0, 0.05) is 22.6 Å². The molecule has 1 fully saturated rings. The lowest BCUT2D eigenvalue weighted by Gasteiger charge is -2.32. The number of hydrogen-bond acceptors (Lipinski definition) is 7. The monoisotopic (exact) mass is 444 g/mol. The second-order valence-electron chi connectivity index (χ2n) is 6.75. The normalized spacial score (nSPS) is 17.6. The number of hydrogen-bond donors (Lipinski definition) is 1. The van der Waals surface area contributed by atoms with E-state index < -0.39 is 0 Å². The number of piperidine rings is 1. The minimum Gasteiger partial charge on any atom is -0.428 e. The smallest absolute Gasteiger partial charge is 0.298 e. The zero-order chi connectivity index (χ0) is 19.5. The van der Waals surface area contributed by atoms with Gasteiger partial charge in [-0.3, -0.25) is 9.20 Å². The molecule has 0 aliphatic carbocycles. The summed E-state index contributed by atoms with van der Waals surface area (Å²) in [6.07, 6.45) is 5.71. The Bertz CT molecular complexity index is 992. The van der Waals surface area contributed by atoms with Crippen molar-refractivity contribution in [3.05, 3.63) is 35.2 Å². The number of nitrogens with one attached hydrogen (secondary N) is 1. The number of imidazole rings is 1. The van der Waals surface area contributed by atoms with Crippen LogP contribution in [-0.2, 0) is 4.79 Å². The molecule has 0 unspecified atom stereocenters. The maximum atomic E-state index is 10.9. The van der Waals surface area contributed by atoms with Crippen molar-refractivity contribution >= 4 is 33.9 Å². The molecule has 0 saturated carbocycles. The Labute approximate surface area is 171 Å². The van der Waals surface area contributed by atoms with Crippen LogP contribution in [0.25, 0.3) is 16.8 Å². The molecule has 0 bridgehead atoms. The Morgan fingerprint density at radius 1 is 1.39 bits per heavy atom. The van der Waals surface area contributed by atoms with Gasteiger partial charge >= 0.3 is 0 Å². The summed E-state index contributed by atoms with van der Waals surface area (Å²) >= 11 is 3.40. The molecular weight excluding hydrogens is 424 g/mol. The molecule has 3 heterocycles. The van der Waals surface area contributed by atoms with E-state index in [-0.39, 0.29) is 0 Å². The minimum absolute atomic E-state index is 0.320. The summed E-state index contributed by atoms with van der Waals surface area (Å²) in [5.41, 5.74) is 2.07. The van der Waals surface area contributed by atoms with Crippen molar-refractivity contribution in [3.63, 3.8) is 0 Å². The minimum atomic E-state index is 0.320. The SMILES string of the molecule is CCN1CCC[C@@H](Nc2nnc(-c3ccc(Br)cc3OC=O)c3cncn23)C1. The van der Waals surface area contributed by atoms with E-state index >= 15 is 0 Å². The Kier molecular flexibility index (Phi) is 5.54. The first-order valence-electron chi connectivity index (χ1n) is 9.27. The lowest BCUT2D eigenvalue weighted by Crippen LogP contribution is -2.42. The van der Waals surface area contributed by atoms with Gasteiger partial charge in [0.1, 0.15) is 17.8 Å². The van der Waals surface area contributed by atoms with Gasteiger partial charge in [0.05, 0.1) is 11.7 Å². The van der Waals surface area contributed by atoms with Crippen molar-refractivity contribution in [2.75, 3.05) is 25.0 Å². The van der Waals surface area contributed by atoms with E-state index in [1.807, 2.05) is 16.5 Å². The van der Waals surface area contributed by atoms with Crippen LogP contribution in [0.2, 0.25) is 0 Å². The predicted octanol–water partition coefficient (Wildman–Crippen LogP) is 2.99. The third-order valence-corrected chi connectivity index (χ3v) is 5.51. The molecule has 0 amide bonds. The van der Waals surface area contributed by atoms with Gasteiger partial charge < -0.3 is 15.0 Å². The van der Waals surface area contributed by atoms with Crippen molar-refractivity contribution in [2.45, 2.75) is 25.8 Å². The van der Waals surface area contributed by atoms with Crippen LogP contribution in [0, 0.1) is 0 Å². The van der Waals surface area contributed by atoms with E-state index in [2.05, 4.69) is 48.3 Å². The summed E-state index contributed by atoms with van der Waals surface area (Å²) in [4.78, 5) is 17.6. The molecule has 1 aliphatic rings. The number of carbonyl (C=O) groups excluding carboxylic acids is 1. The van der Waals surface area contributed by atoms with Gasteiger partial charge in [-0.05, 0) is 44.1 Å². The summed E-state index contributed by atoms with van der Waals surface area (Å²) in [6, 6.07) is 5.76. The highest BCUT2D eigenvalue weighted by Gasteiger charge is 2.21. The molecule has 1 N–H and O–H groups in total. The Hall–Kier alpha value is -2.52. The van der Waals surface area contributed by atoms with E-state index in [0.29, 0.717) is 35.5 Å². The molecule has 146 valence electrons. The molecule has 0 spiro atoms. The molecule has 4 rings (SSSR count). The van der Waals surface area contributed by atoms with Crippen LogP contribution in [0.1, 0.15) is 19.8 Å². The summed E-state index contributed by atoms with van der Waals surface area (Å²) in [5, 5.41) is 12.4. The average molecular weight is 445 g/mol. The first kappa shape index (κ1) is 18.8. The molecule has 1 atom stereocenters. The molecule has 8 nitrogen and oxygen atoms in total.